The summed E-state index contributed by atoms with van der Waals surface area (Å²) in [5, 5.41) is 10.6. The highest BCUT2D eigenvalue weighted by atomic mass is 31.2. The van der Waals surface area contributed by atoms with Crippen LogP contribution in [0.15, 0.2) is 0 Å². The molecule has 0 aliphatic carbocycles. The molecule has 95 heavy (non-hydrogen) atoms. The van der Waals surface area contributed by atoms with Crippen LogP contribution in [0.5, 0.6) is 0 Å². The molecule has 0 saturated carbocycles. The van der Waals surface area contributed by atoms with E-state index in [2.05, 4.69) is 41.5 Å². The van der Waals surface area contributed by atoms with Crippen LogP contribution in [0.3, 0.4) is 0 Å². The van der Waals surface area contributed by atoms with Crippen LogP contribution in [0, 0.1) is 11.8 Å². The number of carbonyl (C=O) groups excluding carboxylic acids is 4. The second-order valence-corrected chi connectivity index (χ2v) is 31.3. The van der Waals surface area contributed by atoms with Crippen molar-refractivity contribution in [2.75, 3.05) is 39.6 Å². The third-order valence-electron chi connectivity index (χ3n) is 17.7. The Bertz CT molecular complexity index is 1840. The lowest BCUT2D eigenvalue weighted by Gasteiger charge is -2.21. The van der Waals surface area contributed by atoms with Gasteiger partial charge in [-0.3, -0.25) is 37.3 Å². The van der Waals surface area contributed by atoms with Crippen molar-refractivity contribution in [3.05, 3.63) is 0 Å². The van der Waals surface area contributed by atoms with Crippen LogP contribution in [-0.4, -0.2) is 96.7 Å². The van der Waals surface area contributed by atoms with Crippen LogP contribution in [0.25, 0.3) is 0 Å². The average Bonchev–Trinajstić information content (AvgIpc) is 2.76. The molecule has 19 heteroatoms. The summed E-state index contributed by atoms with van der Waals surface area (Å²) in [5.74, 6) is -0.524. The summed E-state index contributed by atoms with van der Waals surface area (Å²) in [6.07, 6.45) is 55.4. The zero-order chi connectivity index (χ0) is 70.0. The summed E-state index contributed by atoms with van der Waals surface area (Å²) in [6, 6.07) is 0. The van der Waals surface area contributed by atoms with E-state index in [0.717, 1.165) is 102 Å². The fourth-order valence-electron chi connectivity index (χ4n) is 11.7. The molecule has 0 amide bonds. The first kappa shape index (κ1) is 93.1. The van der Waals surface area contributed by atoms with E-state index in [1.54, 1.807) is 0 Å². The molecule has 564 valence electrons. The number of aliphatic hydroxyl groups is 1. The molecule has 0 aliphatic heterocycles. The number of rotatable bonds is 75. The summed E-state index contributed by atoms with van der Waals surface area (Å²) in [5.41, 5.74) is 0. The Hall–Kier alpha value is -1.94. The van der Waals surface area contributed by atoms with Crippen molar-refractivity contribution in [1.29, 1.82) is 0 Å². The molecule has 5 atom stereocenters. The van der Waals surface area contributed by atoms with Crippen LogP contribution in [0.1, 0.15) is 395 Å². The molecule has 0 saturated heterocycles. The summed E-state index contributed by atoms with van der Waals surface area (Å²) in [7, 11) is -9.91. The van der Waals surface area contributed by atoms with Gasteiger partial charge in [0, 0.05) is 25.7 Å². The molecule has 0 rings (SSSR count). The minimum Gasteiger partial charge on any atom is -0.462 e. The third-order valence-corrected chi connectivity index (χ3v) is 19.6. The Morgan fingerprint density at radius 1 is 0.284 bits per heavy atom. The molecule has 0 heterocycles. The van der Waals surface area contributed by atoms with Gasteiger partial charge in [0.15, 0.2) is 12.2 Å². The molecule has 0 spiro atoms. The number of hydrogen-bond donors (Lipinski definition) is 3. The fourth-order valence-corrected chi connectivity index (χ4v) is 13.2. The first-order valence-electron chi connectivity index (χ1n) is 39.5. The minimum absolute atomic E-state index is 0.107. The van der Waals surface area contributed by atoms with Crippen molar-refractivity contribution in [3.63, 3.8) is 0 Å². The SMILES string of the molecule is CCCCCCCCCCCCCCC(=O)O[C@H](COC(=O)CCCCCCCCCCC)COP(=O)(O)OC[C@H](O)COP(=O)(O)OC[C@@H](COC(=O)CCCCCCCCCCCCCCC(C)C)OC(=O)CCCCCCCCCCCCCCCCCCC(C)C. The predicted molar refractivity (Wildman–Crippen MR) is 386 cm³/mol. The maximum atomic E-state index is 13.1. The highest BCUT2D eigenvalue weighted by molar-refractivity contribution is 7.47. The molecule has 2 unspecified atom stereocenters. The summed E-state index contributed by atoms with van der Waals surface area (Å²) in [4.78, 5) is 72.7. The van der Waals surface area contributed by atoms with Gasteiger partial charge < -0.3 is 33.8 Å². The summed E-state index contributed by atoms with van der Waals surface area (Å²) >= 11 is 0. The number of phosphoric ester groups is 2. The second-order valence-electron chi connectivity index (χ2n) is 28.3. The fraction of sp³-hybridized carbons (Fsp3) is 0.947. The standard InChI is InChI=1S/C76H148O17P2/c1-7-9-11-13-15-17-18-29-36-42-48-54-60-75(80)92-71(64-86-73(78)58-52-46-40-32-16-14-12-10-8-2)66-90-94(82,83)88-62-70(77)63-89-95(84,85)91-67-72(65-87-74(79)59-53-47-41-35-30-26-25-28-34-39-45-51-57-69(5)6)93-76(81)61-55-49-43-37-31-24-22-20-19-21-23-27-33-38-44-50-56-68(3)4/h68-72,77H,7-67H2,1-6H3,(H,82,83)(H,84,85)/t70-,71+,72+/m0/s1. The summed E-state index contributed by atoms with van der Waals surface area (Å²) in [6.45, 7) is 9.63. The Kier molecular flexibility index (Phi) is 66.5. The molecular formula is C76H148O17P2. The van der Waals surface area contributed by atoms with Crippen molar-refractivity contribution >= 4 is 39.5 Å². The molecule has 0 fully saturated rings. The lowest BCUT2D eigenvalue weighted by atomic mass is 10.0. The van der Waals surface area contributed by atoms with Crippen molar-refractivity contribution < 1.29 is 80.2 Å². The smallest absolute Gasteiger partial charge is 0.462 e. The number of esters is 4. The number of ether oxygens (including phenoxy) is 4. The van der Waals surface area contributed by atoms with Crippen LogP contribution in [0.2, 0.25) is 0 Å². The van der Waals surface area contributed by atoms with Crippen molar-refractivity contribution in [3.8, 4) is 0 Å². The van der Waals surface area contributed by atoms with Crippen LogP contribution < -0.4 is 0 Å². The van der Waals surface area contributed by atoms with E-state index in [9.17, 15) is 43.2 Å². The largest absolute Gasteiger partial charge is 0.472 e. The molecule has 0 bridgehead atoms. The van der Waals surface area contributed by atoms with Crippen LogP contribution in [0.4, 0.5) is 0 Å². The number of hydrogen-bond acceptors (Lipinski definition) is 15. The normalized spacial score (nSPS) is 14.0. The van der Waals surface area contributed by atoms with Crippen molar-refractivity contribution in [2.45, 2.75) is 413 Å². The van der Waals surface area contributed by atoms with E-state index < -0.39 is 97.5 Å². The van der Waals surface area contributed by atoms with E-state index in [1.165, 1.54) is 212 Å². The van der Waals surface area contributed by atoms with Gasteiger partial charge in [0.1, 0.15) is 19.3 Å². The number of unbranched alkanes of at least 4 members (excludes halogenated alkanes) is 45. The first-order valence-corrected chi connectivity index (χ1v) is 42.5. The summed E-state index contributed by atoms with van der Waals surface area (Å²) < 4.78 is 68.5. The topological polar surface area (TPSA) is 237 Å². The van der Waals surface area contributed by atoms with Gasteiger partial charge in [-0.2, -0.15) is 0 Å². The highest BCUT2D eigenvalue weighted by Crippen LogP contribution is 2.45. The Morgan fingerprint density at radius 3 is 0.716 bits per heavy atom. The van der Waals surface area contributed by atoms with Gasteiger partial charge in [0.2, 0.25) is 0 Å². The number of aliphatic hydroxyl groups excluding tert-OH is 1. The molecule has 0 aromatic heterocycles. The van der Waals surface area contributed by atoms with Gasteiger partial charge in [0.05, 0.1) is 26.4 Å². The minimum atomic E-state index is -4.96. The number of carbonyl (C=O) groups is 4. The molecule has 0 aromatic rings. The molecule has 0 aliphatic rings. The van der Waals surface area contributed by atoms with Crippen molar-refractivity contribution in [1.82, 2.24) is 0 Å². The highest BCUT2D eigenvalue weighted by Gasteiger charge is 2.30. The zero-order valence-electron chi connectivity index (χ0n) is 62.0. The zero-order valence-corrected chi connectivity index (χ0v) is 63.8. The molecular weight excluding hydrogens is 1250 g/mol. The van der Waals surface area contributed by atoms with Crippen LogP contribution in [-0.2, 0) is 65.4 Å². The van der Waals surface area contributed by atoms with Gasteiger partial charge in [-0.05, 0) is 37.5 Å². The Morgan fingerprint density at radius 2 is 0.484 bits per heavy atom. The van der Waals surface area contributed by atoms with E-state index in [4.69, 9.17) is 37.0 Å². The number of phosphoric acid groups is 2. The van der Waals surface area contributed by atoms with Crippen LogP contribution >= 0.6 is 15.6 Å². The Balaban J connectivity index is 5.22. The van der Waals surface area contributed by atoms with Gasteiger partial charge >= 0.3 is 39.5 Å². The average molecular weight is 1400 g/mol. The second kappa shape index (κ2) is 67.9. The molecule has 17 nitrogen and oxygen atoms in total. The maximum Gasteiger partial charge on any atom is 0.472 e. The Labute approximate surface area is 581 Å². The van der Waals surface area contributed by atoms with E-state index in [1.807, 2.05) is 0 Å². The lowest BCUT2D eigenvalue weighted by molar-refractivity contribution is -0.161. The molecule has 3 N–H and O–H groups in total. The van der Waals surface area contributed by atoms with Gasteiger partial charge in [-0.1, -0.05) is 343 Å². The third kappa shape index (κ3) is 70.3. The lowest BCUT2D eigenvalue weighted by Crippen LogP contribution is -2.30. The predicted octanol–water partition coefficient (Wildman–Crippen LogP) is 22.3. The van der Waals surface area contributed by atoms with Gasteiger partial charge in [0.25, 0.3) is 0 Å². The van der Waals surface area contributed by atoms with E-state index in [0.29, 0.717) is 25.7 Å². The quantitative estimate of drug-likeness (QED) is 0.0222. The monoisotopic (exact) mass is 1400 g/mol. The van der Waals surface area contributed by atoms with Gasteiger partial charge in [-0.25, -0.2) is 9.13 Å². The van der Waals surface area contributed by atoms with Crippen molar-refractivity contribution in [2.24, 2.45) is 11.8 Å². The first-order chi connectivity index (χ1) is 45.9. The van der Waals surface area contributed by atoms with E-state index >= 15 is 0 Å². The maximum absolute atomic E-state index is 13.1. The molecule has 0 radical (unpaired) electrons. The molecule has 0 aromatic carbocycles. The van der Waals surface area contributed by atoms with E-state index in [-0.39, 0.29) is 25.7 Å². The van der Waals surface area contributed by atoms with Gasteiger partial charge in [-0.15, -0.1) is 0 Å².